The van der Waals surface area contributed by atoms with Crippen LogP contribution in [0.15, 0.2) is 23.1 Å². The molecule has 0 bridgehead atoms. The number of nitrogens with zero attached hydrogens (tertiary/aromatic N) is 1. The minimum atomic E-state index is -3.37. The first-order valence-electron chi connectivity index (χ1n) is 7.22. The predicted octanol–water partition coefficient (Wildman–Crippen LogP) is 2.47. The average molecular weight is 333 g/mol. The van der Waals surface area contributed by atoms with E-state index in [9.17, 15) is 8.42 Å². The second kappa shape index (κ2) is 7.58. The van der Waals surface area contributed by atoms with Crippen LogP contribution in [0.5, 0.6) is 0 Å². The zero-order valence-corrected chi connectivity index (χ0v) is 14.3. The Hall–Kier alpha value is -0.620. The van der Waals surface area contributed by atoms with Crippen LogP contribution in [0, 0.1) is 19.8 Å². The van der Waals surface area contributed by atoms with Crippen molar-refractivity contribution in [1.82, 2.24) is 4.31 Å². The molecule has 2 rings (SSSR count). The second-order valence-corrected chi connectivity index (χ2v) is 7.62. The smallest absolute Gasteiger partial charge is 0.243 e. The van der Waals surface area contributed by atoms with Crippen LogP contribution in [-0.4, -0.2) is 32.4 Å². The lowest BCUT2D eigenvalue weighted by Gasteiger charge is -2.32. The van der Waals surface area contributed by atoms with Gasteiger partial charge in [0.1, 0.15) is 0 Å². The quantitative estimate of drug-likeness (QED) is 0.921. The van der Waals surface area contributed by atoms with E-state index >= 15 is 0 Å². The molecule has 0 amide bonds. The van der Waals surface area contributed by atoms with Crippen LogP contribution in [0.3, 0.4) is 0 Å². The maximum Gasteiger partial charge on any atom is 0.243 e. The molecule has 1 aliphatic rings. The molecule has 1 heterocycles. The molecule has 1 aromatic carbocycles. The Bertz CT molecular complexity index is 573. The van der Waals surface area contributed by atoms with Gasteiger partial charge in [-0.2, -0.15) is 4.31 Å². The van der Waals surface area contributed by atoms with Crippen molar-refractivity contribution in [2.45, 2.75) is 38.0 Å². The predicted molar refractivity (Wildman–Crippen MR) is 88.3 cm³/mol. The third-order valence-electron chi connectivity index (χ3n) is 4.02. The number of aryl methyl sites for hydroxylation is 2. The van der Waals surface area contributed by atoms with Gasteiger partial charge in [0.2, 0.25) is 10.0 Å². The molecule has 0 saturated carbocycles. The summed E-state index contributed by atoms with van der Waals surface area (Å²) in [7, 11) is -3.37. The first-order chi connectivity index (χ1) is 9.45. The summed E-state index contributed by atoms with van der Waals surface area (Å²) >= 11 is 0. The fourth-order valence-corrected chi connectivity index (χ4v) is 4.71. The Labute approximate surface area is 134 Å². The van der Waals surface area contributed by atoms with Crippen molar-refractivity contribution in [3.8, 4) is 0 Å². The summed E-state index contributed by atoms with van der Waals surface area (Å²) in [4.78, 5) is 0.450. The van der Waals surface area contributed by atoms with Gasteiger partial charge in [0.15, 0.2) is 0 Å². The Kier molecular flexibility index (Phi) is 6.66. The standard InChI is InChI=1S/C15H24N2O2S.ClH/c1-12-5-6-13(2)15(10-12)20(18,19)17-9-3-4-14(11-17)7-8-16;/h5-6,10,14H,3-4,7-9,11,16H2,1-2H3;1H. The first kappa shape index (κ1) is 18.4. The summed E-state index contributed by atoms with van der Waals surface area (Å²) in [5.41, 5.74) is 7.39. The van der Waals surface area contributed by atoms with Gasteiger partial charge in [-0.05, 0) is 62.8 Å². The highest BCUT2D eigenvalue weighted by Gasteiger charge is 2.30. The highest BCUT2D eigenvalue weighted by Crippen LogP contribution is 2.27. The molecule has 1 aromatic rings. The van der Waals surface area contributed by atoms with Crippen LogP contribution in [0.4, 0.5) is 0 Å². The summed E-state index contributed by atoms with van der Waals surface area (Å²) in [6, 6.07) is 5.60. The van der Waals surface area contributed by atoms with Crippen molar-refractivity contribution in [3.05, 3.63) is 29.3 Å². The molecule has 2 N–H and O–H groups in total. The number of hydrogen-bond acceptors (Lipinski definition) is 3. The topological polar surface area (TPSA) is 63.4 Å². The molecule has 1 aliphatic heterocycles. The fourth-order valence-electron chi connectivity index (χ4n) is 2.84. The van der Waals surface area contributed by atoms with Gasteiger partial charge in [0, 0.05) is 13.1 Å². The number of piperidine rings is 1. The van der Waals surface area contributed by atoms with E-state index in [2.05, 4.69) is 0 Å². The lowest BCUT2D eigenvalue weighted by atomic mass is 9.96. The van der Waals surface area contributed by atoms with E-state index in [0.717, 1.165) is 30.4 Å². The third kappa shape index (κ3) is 4.19. The number of halogens is 1. The van der Waals surface area contributed by atoms with Gasteiger partial charge in [-0.1, -0.05) is 12.1 Å². The highest BCUT2D eigenvalue weighted by atomic mass is 35.5. The van der Waals surface area contributed by atoms with Crippen molar-refractivity contribution in [2.24, 2.45) is 11.7 Å². The van der Waals surface area contributed by atoms with Gasteiger partial charge < -0.3 is 5.73 Å². The number of benzene rings is 1. The highest BCUT2D eigenvalue weighted by molar-refractivity contribution is 7.89. The number of rotatable bonds is 4. The number of sulfonamides is 1. The SMILES string of the molecule is Cc1ccc(C)c(S(=O)(=O)N2CCCC(CCN)C2)c1.Cl. The van der Waals surface area contributed by atoms with Crippen molar-refractivity contribution in [1.29, 1.82) is 0 Å². The Balaban J connectivity index is 0.00000220. The van der Waals surface area contributed by atoms with Crippen LogP contribution in [0.1, 0.15) is 30.4 Å². The van der Waals surface area contributed by atoms with E-state index in [0.29, 0.717) is 30.4 Å². The zero-order chi connectivity index (χ0) is 14.8. The maximum atomic E-state index is 12.8. The molecule has 4 nitrogen and oxygen atoms in total. The van der Waals surface area contributed by atoms with Crippen molar-refractivity contribution < 1.29 is 8.42 Å². The Morgan fingerprint density at radius 2 is 2.05 bits per heavy atom. The van der Waals surface area contributed by atoms with E-state index in [1.807, 2.05) is 26.0 Å². The van der Waals surface area contributed by atoms with Crippen molar-refractivity contribution >= 4 is 22.4 Å². The largest absolute Gasteiger partial charge is 0.330 e. The summed E-state index contributed by atoms with van der Waals surface area (Å²) in [5, 5.41) is 0. The minimum absolute atomic E-state index is 0. The third-order valence-corrected chi connectivity index (χ3v) is 6.03. The molecule has 0 radical (unpaired) electrons. The molecule has 120 valence electrons. The summed E-state index contributed by atoms with van der Waals surface area (Å²) in [6.45, 7) is 5.63. The second-order valence-electron chi connectivity index (χ2n) is 5.72. The van der Waals surface area contributed by atoms with Gasteiger partial charge in [0.05, 0.1) is 4.90 Å². The summed E-state index contributed by atoms with van der Waals surface area (Å²) in [6.07, 6.45) is 2.91. The van der Waals surface area contributed by atoms with Crippen molar-refractivity contribution in [3.63, 3.8) is 0 Å². The number of nitrogens with two attached hydrogens (primary N) is 1. The summed E-state index contributed by atoms with van der Waals surface area (Å²) in [5.74, 6) is 0.397. The summed E-state index contributed by atoms with van der Waals surface area (Å²) < 4.78 is 27.2. The molecule has 1 unspecified atom stereocenters. The number of hydrogen-bond donors (Lipinski definition) is 1. The molecule has 0 aliphatic carbocycles. The monoisotopic (exact) mass is 332 g/mol. The fraction of sp³-hybridized carbons (Fsp3) is 0.600. The van der Waals surface area contributed by atoms with Crippen LogP contribution < -0.4 is 5.73 Å². The van der Waals surface area contributed by atoms with Crippen LogP contribution >= 0.6 is 12.4 Å². The molecule has 6 heteroatoms. The molecule has 0 spiro atoms. The molecule has 1 saturated heterocycles. The maximum absolute atomic E-state index is 12.8. The molecule has 1 atom stereocenters. The van der Waals surface area contributed by atoms with Crippen LogP contribution in [-0.2, 0) is 10.0 Å². The van der Waals surface area contributed by atoms with E-state index < -0.39 is 10.0 Å². The normalized spacial score (nSPS) is 20.0. The Morgan fingerprint density at radius 3 is 2.71 bits per heavy atom. The molecular formula is C15H25ClN2O2S. The molecular weight excluding hydrogens is 308 g/mol. The van der Waals surface area contributed by atoms with E-state index in [4.69, 9.17) is 5.73 Å². The average Bonchev–Trinajstić information content (AvgIpc) is 2.42. The molecule has 21 heavy (non-hydrogen) atoms. The van der Waals surface area contributed by atoms with Gasteiger partial charge in [-0.25, -0.2) is 8.42 Å². The van der Waals surface area contributed by atoms with Crippen LogP contribution in [0.25, 0.3) is 0 Å². The van der Waals surface area contributed by atoms with Gasteiger partial charge in [-0.3, -0.25) is 0 Å². The zero-order valence-electron chi connectivity index (χ0n) is 12.7. The first-order valence-corrected chi connectivity index (χ1v) is 8.66. The molecule has 0 aromatic heterocycles. The minimum Gasteiger partial charge on any atom is -0.330 e. The van der Waals surface area contributed by atoms with Crippen molar-refractivity contribution in [2.75, 3.05) is 19.6 Å². The van der Waals surface area contributed by atoms with Crippen LogP contribution in [0.2, 0.25) is 0 Å². The van der Waals surface area contributed by atoms with Gasteiger partial charge in [0.25, 0.3) is 0 Å². The molecule has 1 fully saturated rings. The lowest BCUT2D eigenvalue weighted by molar-refractivity contribution is 0.258. The Morgan fingerprint density at radius 1 is 1.33 bits per heavy atom. The van der Waals surface area contributed by atoms with Gasteiger partial charge in [-0.15, -0.1) is 12.4 Å². The van der Waals surface area contributed by atoms with Gasteiger partial charge >= 0.3 is 0 Å². The lowest BCUT2D eigenvalue weighted by Crippen LogP contribution is -2.40. The van der Waals surface area contributed by atoms with E-state index in [1.165, 1.54) is 0 Å². The van der Waals surface area contributed by atoms with E-state index in [1.54, 1.807) is 10.4 Å². The van der Waals surface area contributed by atoms with E-state index in [-0.39, 0.29) is 12.4 Å².